The van der Waals surface area contributed by atoms with Crippen LogP contribution in [0.3, 0.4) is 0 Å². The van der Waals surface area contributed by atoms with E-state index in [-0.39, 0.29) is 30.0 Å². The largest absolute Gasteiger partial charge is 0.350 e. The average Bonchev–Trinajstić information content (AvgIpc) is 3.20. The van der Waals surface area contributed by atoms with Gasteiger partial charge in [-0.2, -0.15) is 0 Å². The van der Waals surface area contributed by atoms with E-state index in [1.807, 2.05) is 12.1 Å². The van der Waals surface area contributed by atoms with E-state index in [1.54, 1.807) is 11.8 Å². The lowest BCUT2D eigenvalue weighted by Gasteiger charge is -2.25. The Hall–Kier alpha value is -1.82. The van der Waals surface area contributed by atoms with E-state index in [9.17, 15) is 4.79 Å². The molecular weight excluding hydrogens is 354 g/mol. The van der Waals surface area contributed by atoms with Crippen LogP contribution in [0.4, 0.5) is 0 Å². The fraction of sp³-hybridized carbons (Fsp3) is 0.409. The molecule has 2 heterocycles. The average molecular weight is 382 g/mol. The van der Waals surface area contributed by atoms with Crippen molar-refractivity contribution in [2.45, 2.75) is 56.3 Å². The number of rotatable bonds is 4. The van der Waals surface area contributed by atoms with Crippen LogP contribution >= 0.6 is 11.8 Å². The molecule has 0 saturated carbocycles. The van der Waals surface area contributed by atoms with E-state index in [2.05, 4.69) is 72.9 Å². The zero-order chi connectivity index (χ0) is 19.0. The first-order valence-electron chi connectivity index (χ1n) is 9.64. The molecule has 4 atom stereocenters. The normalized spacial score (nSPS) is 27.5. The highest BCUT2D eigenvalue weighted by Gasteiger charge is 2.39. The second kappa shape index (κ2) is 7.66. The number of aryl methyl sites for hydroxylation is 1. The molecule has 0 bridgehead atoms. The minimum absolute atomic E-state index is 0.0454. The van der Waals surface area contributed by atoms with Crippen molar-refractivity contribution in [2.24, 2.45) is 0 Å². The van der Waals surface area contributed by atoms with E-state index in [1.165, 1.54) is 21.6 Å². The summed E-state index contributed by atoms with van der Waals surface area (Å²) in [5, 5.41) is 5.59. The maximum absolute atomic E-state index is 13.0. The van der Waals surface area contributed by atoms with Gasteiger partial charge in [-0.05, 0) is 43.5 Å². The second-order valence-corrected chi connectivity index (χ2v) is 8.71. The van der Waals surface area contributed by atoms with Crippen LogP contribution in [0.2, 0.25) is 0 Å². The van der Waals surface area contributed by atoms with Gasteiger partial charge < -0.3 is 5.32 Å². The molecule has 0 aromatic heterocycles. The molecule has 2 aromatic carbocycles. The van der Waals surface area contributed by atoms with Crippen LogP contribution in [0, 0.1) is 6.92 Å². The van der Waals surface area contributed by atoms with Gasteiger partial charge in [0.2, 0.25) is 5.91 Å². The topological polar surface area (TPSA) is 44.4 Å². The molecule has 142 valence electrons. The van der Waals surface area contributed by atoms with Crippen LogP contribution in [0.15, 0.2) is 53.4 Å². The highest BCUT2D eigenvalue weighted by Crippen LogP contribution is 2.39. The van der Waals surface area contributed by atoms with Crippen molar-refractivity contribution < 1.29 is 4.79 Å². The van der Waals surface area contributed by atoms with Gasteiger partial charge in [-0.15, -0.1) is 11.8 Å². The van der Waals surface area contributed by atoms with Gasteiger partial charge in [0.15, 0.2) is 0 Å². The number of fused-ring (bicyclic) bond motifs is 1. The minimum atomic E-state index is -0.0454. The Bertz CT molecular complexity index is 840. The summed E-state index contributed by atoms with van der Waals surface area (Å²) in [6, 6.07) is 17.3. The van der Waals surface area contributed by atoms with Crippen molar-refractivity contribution in [3.63, 3.8) is 0 Å². The molecule has 27 heavy (non-hydrogen) atoms. The zero-order valence-electron chi connectivity index (χ0n) is 16.1. The Balaban J connectivity index is 1.44. The Morgan fingerprint density at radius 2 is 1.93 bits per heavy atom. The predicted molar refractivity (Wildman–Crippen MR) is 111 cm³/mol. The van der Waals surface area contributed by atoms with E-state index < -0.39 is 0 Å². The van der Waals surface area contributed by atoms with Gasteiger partial charge in [0.1, 0.15) is 0 Å². The fourth-order valence-electron chi connectivity index (χ4n) is 4.12. The first-order chi connectivity index (χ1) is 13.0. The summed E-state index contributed by atoms with van der Waals surface area (Å²) in [5.41, 5.74) is 7.34. The molecular formula is C22H27N3OS. The van der Waals surface area contributed by atoms with Crippen molar-refractivity contribution in [3.05, 3.63) is 65.2 Å². The van der Waals surface area contributed by atoms with Crippen LogP contribution < -0.4 is 10.7 Å². The van der Waals surface area contributed by atoms with Crippen molar-refractivity contribution >= 4 is 17.7 Å². The molecule has 5 heteroatoms. The van der Waals surface area contributed by atoms with Gasteiger partial charge in [0.25, 0.3) is 0 Å². The first-order valence-corrected chi connectivity index (χ1v) is 10.6. The van der Waals surface area contributed by atoms with Gasteiger partial charge in [-0.25, -0.2) is 10.4 Å². The molecule has 2 N–H and O–H groups in total. The molecule has 1 amide bonds. The van der Waals surface area contributed by atoms with Crippen LogP contribution in [0.1, 0.15) is 36.5 Å². The number of hydrazine groups is 1. The summed E-state index contributed by atoms with van der Waals surface area (Å²) in [5.74, 6) is 0.938. The summed E-state index contributed by atoms with van der Waals surface area (Å²) < 4.78 is 0. The lowest BCUT2D eigenvalue weighted by Crippen LogP contribution is -2.48. The lowest BCUT2D eigenvalue weighted by molar-refractivity contribution is -0.123. The third kappa shape index (κ3) is 3.64. The van der Waals surface area contributed by atoms with E-state index in [0.717, 1.165) is 12.3 Å². The van der Waals surface area contributed by atoms with E-state index >= 15 is 0 Å². The van der Waals surface area contributed by atoms with Crippen LogP contribution in [0.25, 0.3) is 0 Å². The van der Waals surface area contributed by atoms with Gasteiger partial charge in [0.05, 0.1) is 12.0 Å². The smallest absolute Gasteiger partial charge is 0.228 e. The van der Waals surface area contributed by atoms with Gasteiger partial charge >= 0.3 is 0 Å². The summed E-state index contributed by atoms with van der Waals surface area (Å²) >= 11 is 1.78. The molecule has 1 saturated heterocycles. The molecule has 4 unspecified atom stereocenters. The number of amides is 1. The van der Waals surface area contributed by atoms with E-state index in [0.29, 0.717) is 0 Å². The van der Waals surface area contributed by atoms with Crippen LogP contribution in [-0.4, -0.2) is 34.8 Å². The molecule has 0 aliphatic carbocycles. The third-order valence-electron chi connectivity index (χ3n) is 5.85. The quantitative estimate of drug-likeness (QED) is 0.851. The molecule has 2 aliphatic rings. The minimum Gasteiger partial charge on any atom is -0.350 e. The van der Waals surface area contributed by atoms with Crippen molar-refractivity contribution in [3.8, 4) is 0 Å². The fourth-order valence-corrected chi connectivity index (χ4v) is 5.35. The number of carbonyl (C=O) groups excluding carboxylic acids is 1. The maximum Gasteiger partial charge on any atom is 0.228 e. The Morgan fingerprint density at radius 1 is 1.19 bits per heavy atom. The van der Waals surface area contributed by atoms with E-state index in [4.69, 9.17) is 0 Å². The predicted octanol–water partition coefficient (Wildman–Crippen LogP) is 3.47. The maximum atomic E-state index is 13.0. The lowest BCUT2D eigenvalue weighted by atomic mass is 9.98. The van der Waals surface area contributed by atoms with Gasteiger partial charge in [-0.1, -0.05) is 42.5 Å². The molecule has 1 fully saturated rings. The number of carbonyl (C=O) groups is 1. The second-order valence-electron chi connectivity index (χ2n) is 7.65. The third-order valence-corrected chi connectivity index (χ3v) is 7.03. The zero-order valence-corrected chi connectivity index (χ0v) is 16.9. The number of nitrogens with one attached hydrogen (secondary N) is 2. The Morgan fingerprint density at radius 3 is 2.74 bits per heavy atom. The monoisotopic (exact) mass is 381 g/mol. The molecule has 4 rings (SSSR count). The molecule has 2 aromatic rings. The standard InChI is InChI=1S/C22H27N3OS/c1-14-8-4-5-9-17(14)12-25-16(3)21(15(2)24-25)23-22(26)19-13-27-20-11-7-6-10-18(19)20/h4-11,15-16,19,21,24H,12-13H2,1-3H3,(H,23,26). The summed E-state index contributed by atoms with van der Waals surface area (Å²) in [6.45, 7) is 7.33. The highest BCUT2D eigenvalue weighted by atomic mass is 32.2. The van der Waals surface area contributed by atoms with Gasteiger partial charge in [0, 0.05) is 29.3 Å². The first kappa shape index (κ1) is 18.5. The Kier molecular flexibility index (Phi) is 5.26. The number of hydrogen-bond acceptors (Lipinski definition) is 4. The number of thioether (sulfide) groups is 1. The van der Waals surface area contributed by atoms with Crippen molar-refractivity contribution in [1.82, 2.24) is 15.8 Å². The number of hydrogen-bond donors (Lipinski definition) is 2. The molecule has 0 radical (unpaired) electrons. The van der Waals surface area contributed by atoms with Crippen molar-refractivity contribution in [2.75, 3.05) is 5.75 Å². The number of nitrogens with zero attached hydrogens (tertiary/aromatic N) is 1. The Labute approximate surface area is 165 Å². The van der Waals surface area contributed by atoms with Crippen LogP contribution in [-0.2, 0) is 11.3 Å². The highest BCUT2D eigenvalue weighted by molar-refractivity contribution is 7.99. The van der Waals surface area contributed by atoms with Crippen LogP contribution in [0.5, 0.6) is 0 Å². The van der Waals surface area contributed by atoms with Crippen molar-refractivity contribution in [1.29, 1.82) is 0 Å². The molecule has 0 spiro atoms. The summed E-state index contributed by atoms with van der Waals surface area (Å²) in [4.78, 5) is 14.2. The molecule has 4 nitrogen and oxygen atoms in total. The summed E-state index contributed by atoms with van der Waals surface area (Å²) in [6.07, 6.45) is 0. The SMILES string of the molecule is Cc1ccccc1CN1NC(C)C(NC(=O)C2CSc3ccccc32)C1C. The summed E-state index contributed by atoms with van der Waals surface area (Å²) in [7, 11) is 0. The molecule has 2 aliphatic heterocycles. The number of benzene rings is 2. The van der Waals surface area contributed by atoms with Gasteiger partial charge in [-0.3, -0.25) is 4.79 Å².